The van der Waals surface area contributed by atoms with Gasteiger partial charge in [-0.15, -0.1) is 0 Å². The van der Waals surface area contributed by atoms with Gasteiger partial charge in [0, 0.05) is 24.2 Å². The van der Waals surface area contributed by atoms with E-state index in [4.69, 9.17) is 0 Å². The van der Waals surface area contributed by atoms with E-state index in [9.17, 15) is 13.2 Å². The van der Waals surface area contributed by atoms with E-state index in [1.54, 1.807) is 18.2 Å². The average Bonchev–Trinajstić information content (AvgIpc) is 3.40. The second-order valence-corrected chi connectivity index (χ2v) is 8.77. The molecule has 2 aliphatic rings. The van der Waals surface area contributed by atoms with Crippen LogP contribution in [0.1, 0.15) is 36.9 Å². The lowest BCUT2D eigenvalue weighted by Crippen LogP contribution is -2.30. The highest BCUT2D eigenvalue weighted by Gasteiger charge is 2.36. The van der Waals surface area contributed by atoms with Crippen LogP contribution >= 0.6 is 0 Å². The first kappa shape index (κ1) is 17.2. The monoisotopic (exact) mass is 370 g/mol. The third-order valence-electron chi connectivity index (χ3n) is 5.08. The van der Waals surface area contributed by atoms with Gasteiger partial charge in [-0.05, 0) is 55.5 Å². The first-order valence-corrected chi connectivity index (χ1v) is 10.5. The third kappa shape index (κ3) is 3.27. The van der Waals surface area contributed by atoms with Crippen molar-refractivity contribution in [2.75, 3.05) is 11.4 Å². The van der Waals surface area contributed by atoms with E-state index in [2.05, 4.69) is 4.72 Å². The Morgan fingerprint density at radius 3 is 2.58 bits per heavy atom. The lowest BCUT2D eigenvalue weighted by molar-refractivity contribution is -0.119. The SMILES string of the molecule is C[C@H](NS(=O)(=O)c1ccc2c(c1)CCN2C(=O)C1CC1)c1ccccc1. The van der Waals surface area contributed by atoms with Crippen molar-refractivity contribution in [3.8, 4) is 0 Å². The van der Waals surface area contributed by atoms with Crippen LogP contribution in [-0.4, -0.2) is 20.9 Å². The van der Waals surface area contributed by atoms with Gasteiger partial charge in [0.05, 0.1) is 4.90 Å². The summed E-state index contributed by atoms with van der Waals surface area (Å²) in [4.78, 5) is 14.4. The van der Waals surface area contributed by atoms with Crippen LogP contribution in [0, 0.1) is 5.92 Å². The maximum Gasteiger partial charge on any atom is 0.241 e. The van der Waals surface area contributed by atoms with Gasteiger partial charge >= 0.3 is 0 Å². The van der Waals surface area contributed by atoms with Crippen LogP contribution in [0.3, 0.4) is 0 Å². The van der Waals surface area contributed by atoms with Gasteiger partial charge in [-0.1, -0.05) is 30.3 Å². The number of rotatable bonds is 5. The summed E-state index contributed by atoms with van der Waals surface area (Å²) < 4.78 is 28.2. The molecule has 0 spiro atoms. The fourth-order valence-corrected chi connectivity index (χ4v) is 4.72. The Bertz CT molecular complexity index is 937. The maximum atomic E-state index is 12.8. The van der Waals surface area contributed by atoms with Gasteiger partial charge in [0.2, 0.25) is 15.9 Å². The zero-order chi connectivity index (χ0) is 18.3. The van der Waals surface area contributed by atoms with Gasteiger partial charge in [0.1, 0.15) is 0 Å². The molecule has 1 amide bonds. The molecule has 2 aromatic rings. The second kappa shape index (κ2) is 6.52. The number of benzene rings is 2. The number of hydrogen-bond donors (Lipinski definition) is 1. The molecule has 6 heteroatoms. The van der Waals surface area contributed by atoms with Gasteiger partial charge in [-0.25, -0.2) is 13.1 Å². The molecule has 136 valence electrons. The molecule has 5 nitrogen and oxygen atoms in total. The molecule has 1 N–H and O–H groups in total. The van der Waals surface area contributed by atoms with Gasteiger partial charge < -0.3 is 4.90 Å². The molecule has 4 rings (SSSR count). The zero-order valence-corrected chi connectivity index (χ0v) is 15.5. The number of nitrogens with zero attached hydrogens (tertiary/aromatic N) is 1. The van der Waals surface area contributed by atoms with Crippen LogP contribution in [-0.2, 0) is 21.2 Å². The standard InChI is InChI=1S/C20H22N2O3S/c1-14(15-5-3-2-4-6-15)21-26(24,25)18-9-10-19-17(13-18)11-12-22(19)20(23)16-7-8-16/h2-6,9-10,13-14,16,21H,7-8,11-12H2,1H3/t14-/m0/s1. The predicted octanol–water partition coefficient (Wildman–Crippen LogP) is 3.03. The molecular weight excluding hydrogens is 348 g/mol. The van der Waals surface area contributed by atoms with Crippen LogP contribution in [0.5, 0.6) is 0 Å². The quantitative estimate of drug-likeness (QED) is 0.880. The molecular formula is C20H22N2O3S. The largest absolute Gasteiger partial charge is 0.312 e. The molecule has 1 fully saturated rings. The van der Waals surface area contributed by atoms with Crippen molar-refractivity contribution < 1.29 is 13.2 Å². The summed E-state index contributed by atoms with van der Waals surface area (Å²) in [6.45, 7) is 2.47. The molecule has 0 radical (unpaired) electrons. The van der Waals surface area contributed by atoms with E-state index >= 15 is 0 Å². The highest BCUT2D eigenvalue weighted by Crippen LogP contribution is 2.37. The van der Waals surface area contributed by atoms with Gasteiger partial charge in [0.15, 0.2) is 0 Å². The highest BCUT2D eigenvalue weighted by molar-refractivity contribution is 7.89. The van der Waals surface area contributed by atoms with Crippen molar-refractivity contribution >= 4 is 21.6 Å². The number of sulfonamides is 1. The molecule has 26 heavy (non-hydrogen) atoms. The number of anilines is 1. The Balaban J connectivity index is 1.55. The van der Waals surface area contributed by atoms with Crippen molar-refractivity contribution in [2.24, 2.45) is 5.92 Å². The summed E-state index contributed by atoms with van der Waals surface area (Å²) in [5, 5.41) is 0. The Kier molecular flexibility index (Phi) is 4.32. The summed E-state index contributed by atoms with van der Waals surface area (Å²) in [5.41, 5.74) is 2.70. The van der Waals surface area contributed by atoms with Crippen LogP contribution in [0.25, 0.3) is 0 Å². The minimum Gasteiger partial charge on any atom is -0.312 e. The van der Waals surface area contributed by atoms with Gasteiger partial charge in [-0.2, -0.15) is 0 Å². The van der Waals surface area contributed by atoms with E-state index in [0.29, 0.717) is 13.0 Å². The number of nitrogens with one attached hydrogen (secondary N) is 1. The molecule has 1 aliphatic heterocycles. The molecule has 0 bridgehead atoms. The number of amides is 1. The lowest BCUT2D eigenvalue weighted by Gasteiger charge is -2.18. The summed E-state index contributed by atoms with van der Waals surface area (Å²) >= 11 is 0. The van der Waals surface area contributed by atoms with Crippen molar-refractivity contribution in [1.29, 1.82) is 0 Å². The summed E-state index contributed by atoms with van der Waals surface area (Å²) in [7, 11) is -3.62. The normalized spacial score (nSPS) is 17.8. The molecule has 1 saturated carbocycles. The van der Waals surface area contributed by atoms with Crippen LogP contribution < -0.4 is 9.62 Å². The first-order chi connectivity index (χ1) is 12.5. The number of hydrogen-bond acceptors (Lipinski definition) is 3. The summed E-state index contributed by atoms with van der Waals surface area (Å²) in [5.74, 6) is 0.341. The van der Waals surface area contributed by atoms with Gasteiger partial charge in [0.25, 0.3) is 0 Å². The van der Waals surface area contributed by atoms with E-state index < -0.39 is 10.0 Å². The van der Waals surface area contributed by atoms with Crippen LogP contribution in [0.4, 0.5) is 5.69 Å². The van der Waals surface area contributed by atoms with E-state index in [1.807, 2.05) is 42.2 Å². The van der Waals surface area contributed by atoms with Crippen LogP contribution in [0.15, 0.2) is 53.4 Å². The predicted molar refractivity (Wildman–Crippen MR) is 100 cm³/mol. The summed E-state index contributed by atoms with van der Waals surface area (Å²) in [6.07, 6.45) is 2.64. The summed E-state index contributed by atoms with van der Waals surface area (Å²) in [6, 6.07) is 14.2. The Morgan fingerprint density at radius 2 is 1.88 bits per heavy atom. The molecule has 1 aliphatic carbocycles. The Hall–Kier alpha value is -2.18. The Labute approximate surface area is 154 Å². The molecule has 1 heterocycles. The first-order valence-electron chi connectivity index (χ1n) is 8.97. The molecule has 0 unspecified atom stereocenters. The maximum absolute atomic E-state index is 12.8. The van der Waals surface area contributed by atoms with Crippen molar-refractivity contribution in [2.45, 2.75) is 37.1 Å². The smallest absolute Gasteiger partial charge is 0.241 e. The topological polar surface area (TPSA) is 66.5 Å². The number of fused-ring (bicyclic) bond motifs is 1. The third-order valence-corrected chi connectivity index (χ3v) is 6.62. The minimum absolute atomic E-state index is 0.165. The fourth-order valence-electron chi connectivity index (χ4n) is 3.44. The van der Waals surface area contributed by atoms with Gasteiger partial charge in [-0.3, -0.25) is 4.79 Å². The molecule has 0 saturated heterocycles. The molecule has 1 atom stereocenters. The van der Waals surface area contributed by atoms with Crippen molar-refractivity contribution in [1.82, 2.24) is 4.72 Å². The van der Waals surface area contributed by atoms with Crippen molar-refractivity contribution in [3.63, 3.8) is 0 Å². The van der Waals surface area contributed by atoms with E-state index in [1.165, 1.54) is 0 Å². The van der Waals surface area contributed by atoms with E-state index in [0.717, 1.165) is 29.7 Å². The molecule has 2 aromatic carbocycles. The van der Waals surface area contributed by atoms with Crippen LogP contribution in [0.2, 0.25) is 0 Å². The average molecular weight is 370 g/mol. The fraction of sp³-hybridized carbons (Fsp3) is 0.350. The lowest BCUT2D eigenvalue weighted by atomic mass is 10.1. The molecule has 0 aromatic heterocycles. The van der Waals surface area contributed by atoms with Crippen molar-refractivity contribution in [3.05, 3.63) is 59.7 Å². The zero-order valence-electron chi connectivity index (χ0n) is 14.7. The number of carbonyl (C=O) groups excluding carboxylic acids is 1. The number of carbonyl (C=O) groups is 1. The Morgan fingerprint density at radius 1 is 1.15 bits per heavy atom. The minimum atomic E-state index is -3.62. The second-order valence-electron chi connectivity index (χ2n) is 7.06. The highest BCUT2D eigenvalue weighted by atomic mass is 32.2. The van der Waals surface area contributed by atoms with E-state index in [-0.39, 0.29) is 22.8 Å².